The van der Waals surface area contributed by atoms with E-state index in [2.05, 4.69) is 10.3 Å². The van der Waals surface area contributed by atoms with Crippen LogP contribution in [0.1, 0.15) is 45.1 Å². The quantitative estimate of drug-likeness (QED) is 0.848. The van der Waals surface area contributed by atoms with Gasteiger partial charge in [0.1, 0.15) is 6.04 Å². The maximum atomic E-state index is 12.1. The van der Waals surface area contributed by atoms with Crippen molar-refractivity contribution in [3.63, 3.8) is 0 Å². The lowest BCUT2D eigenvalue weighted by molar-refractivity contribution is -0.124. The fourth-order valence-electron chi connectivity index (χ4n) is 2.75. The second-order valence-corrected chi connectivity index (χ2v) is 5.62. The smallest absolute Gasteiger partial charge is 0.242 e. The number of nitrogens with one attached hydrogen (secondary N) is 1. The molecule has 1 aromatic rings. The topological polar surface area (TPSA) is 67.2 Å². The van der Waals surface area contributed by atoms with E-state index in [4.69, 9.17) is 0 Å². The number of nitrogens with zero attached hydrogens (tertiary/aromatic N) is 2. The fourth-order valence-corrected chi connectivity index (χ4v) is 2.75. The molecule has 2 rings (SSSR count). The zero-order valence-corrected chi connectivity index (χ0v) is 11.5. The summed E-state index contributed by atoms with van der Waals surface area (Å²) in [6.45, 7) is 2.58. The Morgan fingerprint density at radius 3 is 2.79 bits per heavy atom. The second kappa shape index (κ2) is 6.19. The Morgan fingerprint density at radius 2 is 2.21 bits per heavy atom. The van der Waals surface area contributed by atoms with E-state index < -0.39 is 0 Å². The van der Waals surface area contributed by atoms with E-state index in [0.717, 1.165) is 25.7 Å². The minimum atomic E-state index is -0.262. The van der Waals surface area contributed by atoms with Gasteiger partial charge >= 0.3 is 0 Å². The number of aromatic nitrogens is 2. The lowest BCUT2D eigenvalue weighted by Crippen LogP contribution is -2.43. The van der Waals surface area contributed by atoms with Gasteiger partial charge in [-0.2, -0.15) is 0 Å². The molecule has 5 heteroatoms. The zero-order chi connectivity index (χ0) is 13.7. The van der Waals surface area contributed by atoms with Crippen molar-refractivity contribution in [1.29, 1.82) is 0 Å². The van der Waals surface area contributed by atoms with E-state index in [1.165, 1.54) is 6.42 Å². The highest BCUT2D eigenvalue weighted by atomic mass is 16.3. The molecule has 1 amide bonds. The summed E-state index contributed by atoms with van der Waals surface area (Å²) < 4.78 is 1.78. The van der Waals surface area contributed by atoms with Crippen molar-refractivity contribution in [2.45, 2.75) is 45.1 Å². The van der Waals surface area contributed by atoms with Crippen LogP contribution < -0.4 is 5.32 Å². The predicted molar refractivity (Wildman–Crippen MR) is 72.6 cm³/mol. The van der Waals surface area contributed by atoms with Crippen LogP contribution >= 0.6 is 0 Å². The molecule has 1 fully saturated rings. The highest BCUT2D eigenvalue weighted by molar-refractivity contribution is 5.79. The molecule has 0 aromatic carbocycles. The van der Waals surface area contributed by atoms with Crippen LogP contribution in [0.4, 0.5) is 0 Å². The first kappa shape index (κ1) is 14.1. The largest absolute Gasteiger partial charge is 0.396 e. The first-order chi connectivity index (χ1) is 9.17. The van der Waals surface area contributed by atoms with E-state index in [-0.39, 0.29) is 24.0 Å². The van der Waals surface area contributed by atoms with Crippen LogP contribution in [0.2, 0.25) is 0 Å². The molecule has 106 valence electrons. The van der Waals surface area contributed by atoms with Gasteiger partial charge < -0.3 is 15.0 Å². The molecule has 0 bridgehead atoms. The first-order valence-corrected chi connectivity index (χ1v) is 7.03. The molecule has 1 heterocycles. The number of amides is 1. The molecule has 0 spiro atoms. The van der Waals surface area contributed by atoms with Crippen LogP contribution in [0.5, 0.6) is 0 Å². The molecule has 1 aliphatic carbocycles. The fraction of sp³-hybridized carbons (Fsp3) is 0.714. The third-order valence-electron chi connectivity index (χ3n) is 4.24. The van der Waals surface area contributed by atoms with Gasteiger partial charge in [-0.1, -0.05) is 19.3 Å². The van der Waals surface area contributed by atoms with E-state index in [9.17, 15) is 9.90 Å². The number of aliphatic hydroxyl groups is 1. The maximum Gasteiger partial charge on any atom is 0.242 e. The monoisotopic (exact) mass is 265 g/mol. The van der Waals surface area contributed by atoms with Gasteiger partial charge in [-0.25, -0.2) is 4.98 Å². The molecule has 5 nitrogen and oxygen atoms in total. The normalized spacial score (nSPS) is 19.9. The Labute approximate surface area is 114 Å². The van der Waals surface area contributed by atoms with Crippen molar-refractivity contribution in [2.75, 3.05) is 13.2 Å². The number of rotatable bonds is 5. The molecule has 1 aromatic heterocycles. The maximum absolute atomic E-state index is 12.1. The summed E-state index contributed by atoms with van der Waals surface area (Å²) in [6.07, 6.45) is 10.6. The summed E-state index contributed by atoms with van der Waals surface area (Å²) in [5.74, 6) is -0.0172. The molecular formula is C14H23N3O2. The average Bonchev–Trinajstić information content (AvgIpc) is 2.99. The Balaban J connectivity index is 1.88. The Kier molecular flexibility index (Phi) is 4.58. The molecular weight excluding hydrogens is 242 g/mol. The van der Waals surface area contributed by atoms with Gasteiger partial charge in [0, 0.05) is 24.4 Å². The van der Waals surface area contributed by atoms with Crippen LogP contribution in [0.25, 0.3) is 0 Å². The third-order valence-corrected chi connectivity index (χ3v) is 4.24. The summed E-state index contributed by atoms with van der Waals surface area (Å²) >= 11 is 0. The molecule has 1 atom stereocenters. The van der Waals surface area contributed by atoms with Crippen LogP contribution in [-0.2, 0) is 4.79 Å². The molecule has 1 aliphatic rings. The average molecular weight is 265 g/mol. The molecule has 0 aliphatic heterocycles. The summed E-state index contributed by atoms with van der Waals surface area (Å²) in [5.41, 5.74) is -0.109. The highest BCUT2D eigenvalue weighted by Crippen LogP contribution is 2.35. The summed E-state index contributed by atoms with van der Waals surface area (Å²) in [5, 5.41) is 12.6. The lowest BCUT2D eigenvalue weighted by atomic mass is 9.74. The van der Waals surface area contributed by atoms with Crippen molar-refractivity contribution < 1.29 is 9.90 Å². The number of carbonyl (C=O) groups is 1. The molecule has 0 unspecified atom stereocenters. The van der Waals surface area contributed by atoms with E-state index in [1.54, 1.807) is 23.3 Å². The number of aliphatic hydroxyl groups excluding tert-OH is 1. The van der Waals surface area contributed by atoms with Gasteiger partial charge in [0.2, 0.25) is 5.91 Å². The summed E-state index contributed by atoms with van der Waals surface area (Å²) in [6, 6.07) is -0.262. The first-order valence-electron chi connectivity index (χ1n) is 7.03. The van der Waals surface area contributed by atoms with E-state index >= 15 is 0 Å². The SMILES string of the molecule is C[C@H](C(=O)NCC1(CO)CCCCC1)n1ccnc1. The number of carbonyl (C=O) groups excluding carboxylic acids is 1. The van der Waals surface area contributed by atoms with Gasteiger partial charge in [-0.05, 0) is 19.8 Å². The third kappa shape index (κ3) is 3.35. The second-order valence-electron chi connectivity index (χ2n) is 5.62. The molecule has 0 radical (unpaired) electrons. The minimum Gasteiger partial charge on any atom is -0.396 e. The Morgan fingerprint density at radius 1 is 1.47 bits per heavy atom. The molecule has 1 saturated carbocycles. The Bertz CT molecular complexity index is 397. The van der Waals surface area contributed by atoms with Gasteiger partial charge in [0.15, 0.2) is 0 Å². The molecule has 19 heavy (non-hydrogen) atoms. The van der Waals surface area contributed by atoms with Gasteiger partial charge in [-0.15, -0.1) is 0 Å². The standard InChI is InChI=1S/C14H23N3O2/c1-12(17-8-7-15-11-17)13(19)16-9-14(10-18)5-3-2-4-6-14/h7-8,11-12,18H,2-6,9-10H2,1H3,(H,16,19)/t12-/m1/s1. The van der Waals surface area contributed by atoms with Gasteiger partial charge in [0.25, 0.3) is 0 Å². The van der Waals surface area contributed by atoms with Crippen molar-refractivity contribution in [3.05, 3.63) is 18.7 Å². The highest BCUT2D eigenvalue weighted by Gasteiger charge is 2.32. The minimum absolute atomic E-state index is 0.0172. The number of imidazole rings is 1. The van der Waals surface area contributed by atoms with Crippen LogP contribution in [0.15, 0.2) is 18.7 Å². The van der Waals surface area contributed by atoms with Crippen LogP contribution in [0.3, 0.4) is 0 Å². The Hall–Kier alpha value is -1.36. The number of hydrogen-bond acceptors (Lipinski definition) is 3. The molecule has 0 saturated heterocycles. The van der Waals surface area contributed by atoms with Crippen molar-refractivity contribution in [1.82, 2.24) is 14.9 Å². The van der Waals surface area contributed by atoms with E-state index in [0.29, 0.717) is 6.54 Å². The summed E-state index contributed by atoms with van der Waals surface area (Å²) in [4.78, 5) is 16.0. The summed E-state index contributed by atoms with van der Waals surface area (Å²) in [7, 11) is 0. The molecule has 2 N–H and O–H groups in total. The van der Waals surface area contributed by atoms with Crippen LogP contribution in [0, 0.1) is 5.41 Å². The van der Waals surface area contributed by atoms with Gasteiger partial charge in [-0.3, -0.25) is 4.79 Å². The van der Waals surface area contributed by atoms with Crippen molar-refractivity contribution >= 4 is 5.91 Å². The van der Waals surface area contributed by atoms with Crippen molar-refractivity contribution in [3.8, 4) is 0 Å². The van der Waals surface area contributed by atoms with Crippen LogP contribution in [-0.4, -0.2) is 33.7 Å². The van der Waals surface area contributed by atoms with E-state index in [1.807, 2.05) is 6.92 Å². The lowest BCUT2D eigenvalue weighted by Gasteiger charge is -2.36. The number of hydrogen-bond donors (Lipinski definition) is 2. The van der Waals surface area contributed by atoms with Crippen molar-refractivity contribution in [2.24, 2.45) is 5.41 Å². The zero-order valence-electron chi connectivity index (χ0n) is 11.5. The van der Waals surface area contributed by atoms with Gasteiger partial charge in [0.05, 0.1) is 12.9 Å². The predicted octanol–water partition coefficient (Wildman–Crippen LogP) is 1.50.